The van der Waals surface area contributed by atoms with Crippen molar-refractivity contribution in [2.24, 2.45) is 0 Å². The van der Waals surface area contributed by atoms with Gasteiger partial charge in [-0.1, -0.05) is 24.3 Å². The average molecular weight is 293 g/mol. The van der Waals surface area contributed by atoms with Gasteiger partial charge in [-0.3, -0.25) is 4.90 Å². The molecule has 0 radical (unpaired) electrons. The van der Waals surface area contributed by atoms with Crippen LogP contribution in [-0.4, -0.2) is 37.0 Å². The van der Waals surface area contributed by atoms with E-state index in [2.05, 4.69) is 0 Å². The van der Waals surface area contributed by atoms with E-state index in [9.17, 15) is 9.59 Å². The Hall–Kier alpha value is -1.88. The number of ether oxygens (including phenoxy) is 2. The molecule has 116 valence electrons. The predicted octanol–water partition coefficient (Wildman–Crippen LogP) is 2.94. The van der Waals surface area contributed by atoms with Crippen molar-refractivity contribution < 1.29 is 19.1 Å². The van der Waals surface area contributed by atoms with E-state index in [0.717, 1.165) is 17.4 Å². The van der Waals surface area contributed by atoms with E-state index in [0.29, 0.717) is 6.61 Å². The molecule has 1 aromatic rings. The van der Waals surface area contributed by atoms with Crippen molar-refractivity contribution in [3.05, 3.63) is 35.4 Å². The number of rotatable bonds is 5. The van der Waals surface area contributed by atoms with Crippen LogP contribution in [0.15, 0.2) is 24.3 Å². The second kappa shape index (κ2) is 7.22. The molecule has 0 aliphatic heterocycles. The van der Waals surface area contributed by atoms with Crippen LogP contribution in [0.1, 0.15) is 37.9 Å². The second-order valence-electron chi connectivity index (χ2n) is 5.85. The van der Waals surface area contributed by atoms with Gasteiger partial charge in [0.25, 0.3) is 0 Å². The molecule has 0 aliphatic rings. The van der Waals surface area contributed by atoms with Gasteiger partial charge in [-0.25, -0.2) is 4.79 Å². The fourth-order valence-corrected chi connectivity index (χ4v) is 1.82. The third-order valence-corrected chi connectivity index (χ3v) is 2.86. The molecule has 0 aliphatic carbocycles. The summed E-state index contributed by atoms with van der Waals surface area (Å²) in [5.74, 6) is 0. The quantitative estimate of drug-likeness (QED) is 0.783. The zero-order chi connectivity index (χ0) is 16.0. The number of hydrogen-bond donors (Lipinski definition) is 0. The smallest absolute Gasteiger partial charge is 0.410 e. The van der Waals surface area contributed by atoms with Gasteiger partial charge in [-0.15, -0.1) is 0 Å². The SMILES string of the molecule is COCc1ccc(C(C=O)N(C)C(=O)OC(C)(C)C)cc1. The van der Waals surface area contributed by atoms with Crippen LogP contribution < -0.4 is 0 Å². The van der Waals surface area contributed by atoms with Gasteiger partial charge in [0.05, 0.1) is 6.61 Å². The molecule has 1 amide bonds. The van der Waals surface area contributed by atoms with E-state index in [1.165, 1.54) is 4.90 Å². The molecule has 1 atom stereocenters. The fourth-order valence-electron chi connectivity index (χ4n) is 1.82. The Bertz CT molecular complexity index is 476. The lowest BCUT2D eigenvalue weighted by Gasteiger charge is -2.28. The Balaban J connectivity index is 2.86. The maximum Gasteiger partial charge on any atom is 0.410 e. The molecule has 5 nitrogen and oxygen atoms in total. The van der Waals surface area contributed by atoms with Crippen LogP contribution >= 0.6 is 0 Å². The van der Waals surface area contributed by atoms with Gasteiger partial charge in [0.15, 0.2) is 0 Å². The number of amides is 1. The van der Waals surface area contributed by atoms with E-state index in [1.807, 2.05) is 24.3 Å². The zero-order valence-electron chi connectivity index (χ0n) is 13.3. The van der Waals surface area contributed by atoms with Crippen molar-refractivity contribution >= 4 is 12.4 Å². The number of methoxy groups -OCH3 is 1. The highest BCUT2D eigenvalue weighted by Crippen LogP contribution is 2.20. The highest BCUT2D eigenvalue weighted by molar-refractivity contribution is 5.74. The van der Waals surface area contributed by atoms with Gasteiger partial charge >= 0.3 is 6.09 Å². The Morgan fingerprint density at radius 2 is 1.86 bits per heavy atom. The van der Waals surface area contributed by atoms with Crippen LogP contribution in [-0.2, 0) is 20.9 Å². The topological polar surface area (TPSA) is 55.8 Å². The first-order valence-corrected chi connectivity index (χ1v) is 6.77. The molecule has 0 bridgehead atoms. The van der Waals surface area contributed by atoms with Gasteiger partial charge in [-0.2, -0.15) is 0 Å². The van der Waals surface area contributed by atoms with Gasteiger partial charge in [0.1, 0.15) is 17.9 Å². The number of benzene rings is 1. The number of carbonyl (C=O) groups excluding carboxylic acids is 2. The summed E-state index contributed by atoms with van der Waals surface area (Å²) in [5, 5.41) is 0. The van der Waals surface area contributed by atoms with Crippen molar-refractivity contribution in [3.63, 3.8) is 0 Å². The highest BCUT2D eigenvalue weighted by Gasteiger charge is 2.26. The number of carbonyl (C=O) groups is 2. The predicted molar refractivity (Wildman–Crippen MR) is 80.0 cm³/mol. The van der Waals surface area contributed by atoms with Crippen LogP contribution in [0.4, 0.5) is 4.79 Å². The summed E-state index contributed by atoms with van der Waals surface area (Å²) in [5.41, 5.74) is 1.14. The van der Waals surface area contributed by atoms with Crippen LogP contribution in [0.3, 0.4) is 0 Å². The summed E-state index contributed by atoms with van der Waals surface area (Å²) >= 11 is 0. The maximum atomic E-state index is 12.0. The average Bonchev–Trinajstić information content (AvgIpc) is 2.39. The summed E-state index contributed by atoms with van der Waals surface area (Å²) in [6.45, 7) is 5.87. The first-order chi connectivity index (χ1) is 9.78. The van der Waals surface area contributed by atoms with Crippen molar-refractivity contribution in [2.75, 3.05) is 14.2 Å². The Morgan fingerprint density at radius 1 is 1.29 bits per heavy atom. The Labute approximate surface area is 125 Å². The summed E-state index contributed by atoms with van der Waals surface area (Å²) < 4.78 is 10.3. The molecule has 5 heteroatoms. The molecule has 1 aromatic carbocycles. The van der Waals surface area contributed by atoms with Crippen LogP contribution in [0.5, 0.6) is 0 Å². The molecular formula is C16H23NO4. The molecule has 21 heavy (non-hydrogen) atoms. The molecule has 0 fully saturated rings. The van der Waals surface area contributed by atoms with Gasteiger partial charge in [-0.05, 0) is 31.9 Å². The summed E-state index contributed by atoms with van der Waals surface area (Å²) in [7, 11) is 3.18. The van der Waals surface area contributed by atoms with Gasteiger partial charge in [0, 0.05) is 14.2 Å². The third kappa shape index (κ3) is 5.19. The fraction of sp³-hybridized carbons (Fsp3) is 0.500. The minimum absolute atomic E-state index is 0.508. The molecule has 0 saturated carbocycles. The standard InChI is InChI=1S/C16H23NO4/c1-16(2,3)21-15(19)17(4)14(10-18)13-8-6-12(7-9-13)11-20-5/h6-10,14H,11H2,1-5H3. The number of nitrogens with zero attached hydrogens (tertiary/aromatic N) is 1. The highest BCUT2D eigenvalue weighted by atomic mass is 16.6. The lowest BCUT2D eigenvalue weighted by molar-refractivity contribution is -0.112. The molecule has 0 spiro atoms. The molecule has 1 rings (SSSR count). The number of aldehydes is 1. The zero-order valence-corrected chi connectivity index (χ0v) is 13.3. The van der Waals surface area contributed by atoms with E-state index in [-0.39, 0.29) is 0 Å². The monoisotopic (exact) mass is 293 g/mol. The van der Waals surface area contributed by atoms with Gasteiger partial charge < -0.3 is 14.3 Å². The Kier molecular flexibility index (Phi) is 5.90. The first-order valence-electron chi connectivity index (χ1n) is 6.77. The van der Waals surface area contributed by atoms with Gasteiger partial charge in [0.2, 0.25) is 0 Å². The molecular weight excluding hydrogens is 270 g/mol. The van der Waals surface area contributed by atoms with E-state index < -0.39 is 17.7 Å². The van der Waals surface area contributed by atoms with Crippen molar-refractivity contribution in [2.45, 2.75) is 39.0 Å². The third-order valence-electron chi connectivity index (χ3n) is 2.86. The number of likely N-dealkylation sites (N-methyl/N-ethyl adjacent to an activating group) is 1. The summed E-state index contributed by atoms with van der Waals surface area (Å²) in [6.07, 6.45) is 0.204. The summed E-state index contributed by atoms with van der Waals surface area (Å²) in [6, 6.07) is 6.70. The van der Waals surface area contributed by atoms with Crippen LogP contribution in [0, 0.1) is 0 Å². The summed E-state index contributed by atoms with van der Waals surface area (Å²) in [4.78, 5) is 24.7. The van der Waals surface area contributed by atoms with Crippen molar-refractivity contribution in [3.8, 4) is 0 Å². The Morgan fingerprint density at radius 3 is 2.29 bits per heavy atom. The first kappa shape index (κ1) is 17.2. The van der Waals surface area contributed by atoms with E-state index in [4.69, 9.17) is 9.47 Å². The van der Waals surface area contributed by atoms with E-state index in [1.54, 1.807) is 34.9 Å². The number of hydrogen-bond acceptors (Lipinski definition) is 4. The largest absolute Gasteiger partial charge is 0.444 e. The van der Waals surface area contributed by atoms with Crippen LogP contribution in [0.25, 0.3) is 0 Å². The van der Waals surface area contributed by atoms with E-state index >= 15 is 0 Å². The normalized spacial score (nSPS) is 12.6. The van der Waals surface area contributed by atoms with Crippen LogP contribution in [0.2, 0.25) is 0 Å². The minimum Gasteiger partial charge on any atom is -0.444 e. The molecule has 1 unspecified atom stereocenters. The minimum atomic E-state index is -0.670. The lowest BCUT2D eigenvalue weighted by Crippen LogP contribution is -2.37. The maximum absolute atomic E-state index is 12.0. The molecule has 0 aromatic heterocycles. The van der Waals surface area contributed by atoms with Crippen molar-refractivity contribution in [1.29, 1.82) is 0 Å². The second-order valence-corrected chi connectivity index (χ2v) is 5.85. The molecule has 0 saturated heterocycles. The lowest BCUT2D eigenvalue weighted by atomic mass is 10.1. The molecule has 0 heterocycles. The molecule has 0 N–H and O–H groups in total. The van der Waals surface area contributed by atoms with Crippen molar-refractivity contribution in [1.82, 2.24) is 4.90 Å².